The van der Waals surface area contributed by atoms with Crippen LogP contribution >= 0.6 is 0 Å². The van der Waals surface area contributed by atoms with E-state index in [1.807, 2.05) is 6.92 Å². The van der Waals surface area contributed by atoms with Crippen LogP contribution in [-0.4, -0.2) is 55.5 Å². The molecule has 0 aliphatic carbocycles. The Bertz CT molecular complexity index is 1320. The molecule has 0 atom stereocenters. The fourth-order valence-electron chi connectivity index (χ4n) is 3.25. The number of carbonyl (C=O) groups is 3. The third-order valence-corrected chi connectivity index (χ3v) is 5.11. The minimum atomic E-state index is -0.951. The number of aryl methyl sites for hydroxylation is 1. The molecule has 2 aromatic heterocycles. The van der Waals surface area contributed by atoms with Crippen molar-refractivity contribution in [2.45, 2.75) is 41.0 Å². The zero-order chi connectivity index (χ0) is 28.0. The highest BCUT2D eigenvalue weighted by Gasteiger charge is 2.30. The molecule has 0 N–H and O–H groups in total. The van der Waals surface area contributed by atoms with Gasteiger partial charge in [-0.15, -0.1) is 0 Å². The maximum atomic E-state index is 13.4. The standard InChI is InChI=1S/C26H30N2O10/c1-8-11-34-22(29)19-14(2)37-15-9-10-16(38-25-27-17(32-6)12-18(28-25)33-7)21(20(15)19)23(30)35-13-36-24(31)26(3,4)5/h9-10,12H,8,11,13H2,1-7H3. The molecule has 12 heteroatoms. The van der Waals surface area contributed by atoms with Gasteiger partial charge in [0.2, 0.25) is 18.6 Å². The van der Waals surface area contributed by atoms with E-state index in [2.05, 4.69) is 9.97 Å². The van der Waals surface area contributed by atoms with Gasteiger partial charge in [-0.25, -0.2) is 9.59 Å². The van der Waals surface area contributed by atoms with E-state index in [9.17, 15) is 14.4 Å². The van der Waals surface area contributed by atoms with Gasteiger partial charge in [-0.05, 0) is 46.2 Å². The quantitative estimate of drug-likeness (QED) is 0.266. The highest BCUT2D eigenvalue weighted by atomic mass is 16.7. The lowest BCUT2D eigenvalue weighted by Crippen LogP contribution is -2.25. The van der Waals surface area contributed by atoms with Gasteiger partial charge in [0.15, 0.2) is 0 Å². The number of fused-ring (bicyclic) bond motifs is 1. The highest BCUT2D eigenvalue weighted by Crippen LogP contribution is 2.37. The Morgan fingerprint density at radius 1 is 0.921 bits per heavy atom. The highest BCUT2D eigenvalue weighted by molar-refractivity contribution is 6.14. The summed E-state index contributed by atoms with van der Waals surface area (Å²) in [5.74, 6) is -1.75. The second-order valence-electron chi connectivity index (χ2n) is 9.05. The molecule has 0 aliphatic rings. The Morgan fingerprint density at radius 2 is 1.55 bits per heavy atom. The van der Waals surface area contributed by atoms with Crippen LogP contribution in [-0.2, 0) is 19.0 Å². The third-order valence-electron chi connectivity index (χ3n) is 5.11. The van der Waals surface area contributed by atoms with Crippen molar-refractivity contribution in [1.29, 1.82) is 0 Å². The van der Waals surface area contributed by atoms with Crippen LogP contribution in [0.3, 0.4) is 0 Å². The lowest BCUT2D eigenvalue weighted by atomic mass is 9.98. The molecule has 3 rings (SSSR count). The van der Waals surface area contributed by atoms with Gasteiger partial charge < -0.3 is 32.8 Å². The second-order valence-corrected chi connectivity index (χ2v) is 9.05. The Balaban J connectivity index is 2.10. The molecule has 0 fully saturated rings. The number of benzene rings is 1. The molecular formula is C26H30N2O10. The Hall–Kier alpha value is -4.35. The van der Waals surface area contributed by atoms with Crippen molar-refractivity contribution >= 4 is 28.9 Å². The van der Waals surface area contributed by atoms with E-state index < -0.39 is 30.1 Å². The molecule has 204 valence electrons. The van der Waals surface area contributed by atoms with Crippen molar-refractivity contribution < 1.29 is 47.2 Å². The first kappa shape index (κ1) is 28.2. The Kier molecular flexibility index (Phi) is 8.76. The van der Waals surface area contributed by atoms with Crippen molar-refractivity contribution in [1.82, 2.24) is 9.97 Å². The fourth-order valence-corrected chi connectivity index (χ4v) is 3.25. The van der Waals surface area contributed by atoms with Crippen LogP contribution in [0.4, 0.5) is 0 Å². The number of ether oxygens (including phenoxy) is 6. The van der Waals surface area contributed by atoms with Crippen LogP contribution in [0.1, 0.15) is 60.6 Å². The molecule has 0 saturated carbocycles. The van der Waals surface area contributed by atoms with Gasteiger partial charge in [-0.1, -0.05) is 6.92 Å². The summed E-state index contributed by atoms with van der Waals surface area (Å²) in [7, 11) is 2.81. The third kappa shape index (κ3) is 6.31. The monoisotopic (exact) mass is 530 g/mol. The van der Waals surface area contributed by atoms with Gasteiger partial charge in [0.25, 0.3) is 0 Å². The SMILES string of the molecule is CCCOC(=O)c1c(C)oc2ccc(Oc3nc(OC)cc(OC)n3)c(C(=O)OCOC(=O)C(C)(C)C)c12. The van der Waals surface area contributed by atoms with Crippen molar-refractivity contribution in [2.24, 2.45) is 5.41 Å². The second kappa shape index (κ2) is 11.8. The topological polar surface area (TPSA) is 146 Å². The molecule has 0 unspecified atom stereocenters. The summed E-state index contributed by atoms with van der Waals surface area (Å²) in [6, 6.07) is 4.18. The number of hydrogen-bond acceptors (Lipinski definition) is 12. The molecule has 0 aliphatic heterocycles. The molecule has 3 aromatic rings. The smallest absolute Gasteiger partial charge is 0.345 e. The van der Waals surface area contributed by atoms with Gasteiger partial charge >= 0.3 is 23.9 Å². The predicted molar refractivity (Wildman–Crippen MR) is 133 cm³/mol. The van der Waals surface area contributed by atoms with E-state index >= 15 is 0 Å². The lowest BCUT2D eigenvalue weighted by molar-refractivity contribution is -0.161. The van der Waals surface area contributed by atoms with Crippen molar-refractivity contribution in [3.8, 4) is 23.5 Å². The first-order chi connectivity index (χ1) is 18.0. The van der Waals surface area contributed by atoms with E-state index in [0.717, 1.165) is 0 Å². The summed E-state index contributed by atoms with van der Waals surface area (Å²) in [6.45, 7) is 7.91. The van der Waals surface area contributed by atoms with Gasteiger partial charge in [-0.3, -0.25) is 4.79 Å². The van der Waals surface area contributed by atoms with Crippen LogP contribution in [0.15, 0.2) is 22.6 Å². The maximum absolute atomic E-state index is 13.4. The van der Waals surface area contributed by atoms with Crippen molar-refractivity contribution in [3.05, 3.63) is 35.1 Å². The molecule has 0 amide bonds. The van der Waals surface area contributed by atoms with Crippen molar-refractivity contribution in [2.75, 3.05) is 27.6 Å². The first-order valence-corrected chi connectivity index (χ1v) is 11.7. The number of carbonyl (C=O) groups excluding carboxylic acids is 3. The number of nitrogens with zero attached hydrogens (tertiary/aromatic N) is 2. The molecular weight excluding hydrogens is 500 g/mol. The average molecular weight is 531 g/mol. The first-order valence-electron chi connectivity index (χ1n) is 11.7. The minimum absolute atomic E-state index is 0.0293. The van der Waals surface area contributed by atoms with Gasteiger partial charge in [-0.2, -0.15) is 9.97 Å². The summed E-state index contributed by atoms with van der Waals surface area (Å²) >= 11 is 0. The summed E-state index contributed by atoms with van der Waals surface area (Å²) in [6.07, 6.45) is 0.595. The number of hydrogen-bond donors (Lipinski definition) is 0. The maximum Gasteiger partial charge on any atom is 0.345 e. The van der Waals surface area contributed by atoms with Crippen LogP contribution in [0.5, 0.6) is 23.5 Å². The predicted octanol–water partition coefficient (Wildman–Crippen LogP) is 4.61. The van der Waals surface area contributed by atoms with E-state index in [4.69, 9.17) is 32.8 Å². The number of rotatable bonds is 10. The van der Waals surface area contributed by atoms with Crippen molar-refractivity contribution in [3.63, 3.8) is 0 Å². The largest absolute Gasteiger partial charge is 0.481 e. The average Bonchev–Trinajstić information content (AvgIpc) is 3.21. The minimum Gasteiger partial charge on any atom is -0.481 e. The molecule has 12 nitrogen and oxygen atoms in total. The van der Waals surface area contributed by atoms with E-state index in [0.29, 0.717) is 6.42 Å². The van der Waals surface area contributed by atoms with Crippen LogP contribution < -0.4 is 14.2 Å². The number of methoxy groups -OCH3 is 2. The zero-order valence-corrected chi connectivity index (χ0v) is 22.3. The van der Waals surface area contributed by atoms with E-state index in [1.165, 1.54) is 32.4 Å². The summed E-state index contributed by atoms with van der Waals surface area (Å²) < 4.78 is 37.5. The molecule has 1 aromatic carbocycles. The normalized spacial score (nSPS) is 11.1. The summed E-state index contributed by atoms with van der Waals surface area (Å²) in [4.78, 5) is 46.6. The number of esters is 3. The summed E-state index contributed by atoms with van der Waals surface area (Å²) in [5.41, 5.74) is -0.746. The van der Waals surface area contributed by atoms with Gasteiger partial charge in [0, 0.05) is 0 Å². The van der Waals surface area contributed by atoms with Gasteiger partial charge in [0.1, 0.15) is 28.2 Å². The fraction of sp³-hybridized carbons (Fsp3) is 0.423. The van der Waals surface area contributed by atoms with E-state index in [1.54, 1.807) is 27.7 Å². The Morgan fingerprint density at radius 3 is 2.13 bits per heavy atom. The van der Waals surface area contributed by atoms with Crippen LogP contribution in [0.2, 0.25) is 0 Å². The molecule has 2 heterocycles. The molecule has 0 bridgehead atoms. The zero-order valence-electron chi connectivity index (χ0n) is 22.3. The molecule has 0 radical (unpaired) electrons. The van der Waals surface area contributed by atoms with E-state index in [-0.39, 0.29) is 58.0 Å². The van der Waals surface area contributed by atoms with Crippen LogP contribution in [0, 0.1) is 12.3 Å². The lowest BCUT2D eigenvalue weighted by Gasteiger charge is -2.17. The number of furan rings is 1. The summed E-state index contributed by atoms with van der Waals surface area (Å²) in [5, 5.41) is 0.100. The van der Waals surface area contributed by atoms with Gasteiger partial charge in [0.05, 0.1) is 37.7 Å². The Labute approximate surface area is 219 Å². The molecule has 38 heavy (non-hydrogen) atoms. The molecule has 0 spiro atoms. The molecule has 0 saturated heterocycles. The van der Waals surface area contributed by atoms with Crippen LogP contribution in [0.25, 0.3) is 11.0 Å². The number of aromatic nitrogens is 2.